The van der Waals surface area contributed by atoms with E-state index in [2.05, 4.69) is 39.9 Å². The lowest BCUT2D eigenvalue weighted by molar-refractivity contribution is -0.140. The van der Waals surface area contributed by atoms with E-state index in [9.17, 15) is 9.59 Å². The molecule has 0 aromatic heterocycles. The maximum absolute atomic E-state index is 12.7. The van der Waals surface area contributed by atoms with Gasteiger partial charge in [0, 0.05) is 26.7 Å². The van der Waals surface area contributed by atoms with Gasteiger partial charge in [0.25, 0.3) is 0 Å². The molecule has 7 nitrogen and oxygen atoms in total. The van der Waals surface area contributed by atoms with Gasteiger partial charge in [-0.05, 0) is 55.2 Å². The molecule has 2 aliphatic carbocycles. The molecule has 2 amide bonds. The van der Waals surface area contributed by atoms with E-state index in [0.29, 0.717) is 19.5 Å². The molecule has 2 N–H and O–H groups in total. The fourth-order valence-corrected chi connectivity index (χ4v) is 5.14. The number of nitrogens with one attached hydrogen (secondary N) is 2. The smallest absolute Gasteiger partial charge is 0.233 e. The highest BCUT2D eigenvalue weighted by Gasteiger charge is 2.58. The Kier molecular flexibility index (Phi) is 6.59. The van der Waals surface area contributed by atoms with Crippen LogP contribution in [-0.4, -0.2) is 56.5 Å². The molecule has 4 atom stereocenters. The van der Waals surface area contributed by atoms with E-state index >= 15 is 0 Å². The van der Waals surface area contributed by atoms with Crippen molar-refractivity contribution in [3.63, 3.8) is 0 Å². The number of carbonyl (C=O) groups is 2. The van der Waals surface area contributed by atoms with Crippen molar-refractivity contribution in [1.29, 1.82) is 0 Å². The van der Waals surface area contributed by atoms with Crippen molar-refractivity contribution in [2.45, 2.75) is 25.7 Å². The van der Waals surface area contributed by atoms with E-state index in [0.717, 1.165) is 37.5 Å². The summed E-state index contributed by atoms with van der Waals surface area (Å²) in [6.45, 7) is 1.95. The highest BCUT2D eigenvalue weighted by Crippen LogP contribution is 2.52. The average Bonchev–Trinajstić information content (AvgIpc) is 3.48. The van der Waals surface area contributed by atoms with E-state index in [4.69, 9.17) is 4.74 Å². The van der Waals surface area contributed by atoms with Gasteiger partial charge in [0.2, 0.25) is 11.8 Å². The summed E-state index contributed by atoms with van der Waals surface area (Å²) in [6.07, 6.45) is 7.92. The van der Waals surface area contributed by atoms with Gasteiger partial charge in [-0.2, -0.15) is 0 Å². The lowest BCUT2D eigenvalue weighted by atomic mass is 9.85. The number of guanidine groups is 1. The Bertz CT molecular complexity index is 834. The van der Waals surface area contributed by atoms with Crippen LogP contribution in [0.25, 0.3) is 0 Å². The number of hydrogen-bond acceptors (Lipinski definition) is 4. The topological polar surface area (TPSA) is 83.0 Å². The molecular weight excluding hydrogens is 392 g/mol. The van der Waals surface area contributed by atoms with E-state index in [1.807, 2.05) is 12.1 Å². The number of fused-ring (bicyclic) bond motifs is 5. The van der Waals surface area contributed by atoms with Crippen LogP contribution in [0.1, 0.15) is 24.8 Å². The fourth-order valence-electron chi connectivity index (χ4n) is 5.14. The molecular formula is C24H32N4O3. The Balaban J connectivity index is 1.13. The summed E-state index contributed by atoms with van der Waals surface area (Å²) in [5.74, 6) is 2.03. The van der Waals surface area contributed by atoms with Gasteiger partial charge in [-0.15, -0.1) is 0 Å². The largest absolute Gasteiger partial charge is 0.497 e. The van der Waals surface area contributed by atoms with Gasteiger partial charge < -0.3 is 15.4 Å². The molecule has 166 valence electrons. The molecule has 7 heteroatoms. The Hall–Kier alpha value is -2.83. The molecule has 2 bridgehead atoms. The molecule has 0 radical (unpaired) electrons. The van der Waals surface area contributed by atoms with Gasteiger partial charge in [0.15, 0.2) is 5.96 Å². The van der Waals surface area contributed by atoms with Gasteiger partial charge >= 0.3 is 0 Å². The molecule has 2 fully saturated rings. The Labute approximate surface area is 183 Å². The molecule has 4 unspecified atom stereocenters. The zero-order valence-corrected chi connectivity index (χ0v) is 18.3. The predicted octanol–water partition coefficient (Wildman–Crippen LogP) is 1.99. The molecule has 1 saturated heterocycles. The Morgan fingerprint density at radius 2 is 1.65 bits per heavy atom. The molecule has 1 heterocycles. The standard InChI is InChI=1S/C24H32N4O3/c1-25-24(26-12-3-5-16-6-10-19(31-2)11-7-16)27-13-4-14-28-22(29)20-17-8-9-18(15-17)21(20)23(28)30/h6-11,17-18,20-21H,3-5,12-15H2,1-2H3,(H2,25,26,27). The number of aryl methyl sites for hydroxylation is 1. The number of carbonyl (C=O) groups excluding carboxylic acids is 2. The number of nitrogens with zero attached hydrogens (tertiary/aromatic N) is 2. The first-order valence-electron chi connectivity index (χ1n) is 11.2. The SMILES string of the molecule is CN=C(NCCCc1ccc(OC)cc1)NCCCN1C(=O)C2C3C=CC(C3)C2C1=O. The van der Waals surface area contributed by atoms with Crippen LogP contribution in [0.15, 0.2) is 41.4 Å². The van der Waals surface area contributed by atoms with Gasteiger partial charge in [0.05, 0.1) is 18.9 Å². The molecule has 3 aliphatic rings. The third kappa shape index (κ3) is 4.45. The second-order valence-electron chi connectivity index (χ2n) is 8.56. The molecule has 1 aromatic carbocycles. The lowest BCUT2D eigenvalue weighted by Gasteiger charge is -2.18. The predicted molar refractivity (Wildman–Crippen MR) is 120 cm³/mol. The lowest BCUT2D eigenvalue weighted by Crippen LogP contribution is -2.40. The fraction of sp³-hybridized carbons (Fsp3) is 0.542. The number of hydrogen-bond donors (Lipinski definition) is 2. The Morgan fingerprint density at radius 3 is 2.23 bits per heavy atom. The molecule has 1 saturated carbocycles. The van der Waals surface area contributed by atoms with Crippen LogP contribution in [0, 0.1) is 23.7 Å². The van der Waals surface area contributed by atoms with Crippen molar-refractivity contribution in [3.05, 3.63) is 42.0 Å². The maximum Gasteiger partial charge on any atom is 0.233 e. The number of imide groups is 1. The van der Waals surface area contributed by atoms with E-state index in [1.54, 1.807) is 14.2 Å². The molecule has 1 aromatic rings. The summed E-state index contributed by atoms with van der Waals surface area (Å²) in [6, 6.07) is 8.13. The number of likely N-dealkylation sites (tertiary alicyclic amines) is 1. The second-order valence-corrected chi connectivity index (χ2v) is 8.56. The molecule has 0 spiro atoms. The van der Waals surface area contributed by atoms with Crippen molar-refractivity contribution in [1.82, 2.24) is 15.5 Å². The number of benzene rings is 1. The van der Waals surface area contributed by atoms with Crippen molar-refractivity contribution in [3.8, 4) is 5.75 Å². The first-order chi connectivity index (χ1) is 15.1. The zero-order chi connectivity index (χ0) is 21.8. The van der Waals surface area contributed by atoms with E-state index in [-0.39, 0.29) is 35.5 Å². The minimum atomic E-state index is -0.101. The normalized spacial score (nSPS) is 26.5. The average molecular weight is 425 g/mol. The monoisotopic (exact) mass is 424 g/mol. The number of rotatable bonds is 9. The summed E-state index contributed by atoms with van der Waals surface area (Å²) >= 11 is 0. The summed E-state index contributed by atoms with van der Waals surface area (Å²) in [4.78, 5) is 31.2. The zero-order valence-electron chi connectivity index (χ0n) is 18.3. The molecule has 31 heavy (non-hydrogen) atoms. The van der Waals surface area contributed by atoms with Crippen LogP contribution in [0.4, 0.5) is 0 Å². The van der Waals surface area contributed by atoms with Crippen LogP contribution in [0.2, 0.25) is 0 Å². The first-order valence-corrected chi connectivity index (χ1v) is 11.2. The highest BCUT2D eigenvalue weighted by molar-refractivity contribution is 6.06. The minimum Gasteiger partial charge on any atom is -0.497 e. The minimum absolute atomic E-state index is 0.0351. The summed E-state index contributed by atoms with van der Waals surface area (Å²) in [5.41, 5.74) is 1.28. The van der Waals surface area contributed by atoms with Gasteiger partial charge in [-0.3, -0.25) is 19.5 Å². The van der Waals surface area contributed by atoms with E-state index < -0.39 is 0 Å². The van der Waals surface area contributed by atoms with E-state index in [1.165, 1.54) is 10.5 Å². The quantitative estimate of drug-likeness (QED) is 0.208. The number of methoxy groups -OCH3 is 1. The second kappa shape index (κ2) is 9.54. The van der Waals surface area contributed by atoms with Crippen LogP contribution in [-0.2, 0) is 16.0 Å². The van der Waals surface area contributed by atoms with Crippen LogP contribution >= 0.6 is 0 Å². The van der Waals surface area contributed by atoms with Crippen LogP contribution in [0.3, 0.4) is 0 Å². The van der Waals surface area contributed by atoms with Gasteiger partial charge in [0.1, 0.15) is 5.75 Å². The first kappa shape index (κ1) is 21.4. The highest BCUT2D eigenvalue weighted by atomic mass is 16.5. The number of ether oxygens (including phenoxy) is 1. The summed E-state index contributed by atoms with van der Waals surface area (Å²) in [5, 5.41) is 6.60. The van der Waals surface area contributed by atoms with Crippen molar-refractivity contribution >= 4 is 17.8 Å². The van der Waals surface area contributed by atoms with Crippen LogP contribution in [0.5, 0.6) is 5.75 Å². The molecule has 1 aliphatic heterocycles. The summed E-state index contributed by atoms with van der Waals surface area (Å²) < 4.78 is 5.18. The maximum atomic E-state index is 12.7. The van der Waals surface area contributed by atoms with Crippen molar-refractivity contribution in [2.24, 2.45) is 28.7 Å². The number of allylic oxidation sites excluding steroid dienone is 2. The van der Waals surface area contributed by atoms with Crippen molar-refractivity contribution in [2.75, 3.05) is 33.8 Å². The van der Waals surface area contributed by atoms with Crippen LogP contribution < -0.4 is 15.4 Å². The van der Waals surface area contributed by atoms with Gasteiger partial charge in [-0.25, -0.2) is 0 Å². The van der Waals surface area contributed by atoms with Gasteiger partial charge in [-0.1, -0.05) is 24.3 Å². The third-order valence-electron chi connectivity index (χ3n) is 6.73. The number of amides is 2. The third-order valence-corrected chi connectivity index (χ3v) is 6.73. The summed E-state index contributed by atoms with van der Waals surface area (Å²) in [7, 11) is 3.42. The number of aliphatic imine (C=N–C) groups is 1. The molecule has 4 rings (SSSR count). The van der Waals surface area contributed by atoms with Crippen molar-refractivity contribution < 1.29 is 14.3 Å². The Morgan fingerprint density at radius 1 is 1.03 bits per heavy atom.